The van der Waals surface area contributed by atoms with Gasteiger partial charge in [0.2, 0.25) is 5.88 Å². The zero-order valence-corrected chi connectivity index (χ0v) is 12.4. The molecule has 0 aliphatic rings. The number of aromatic hydroxyl groups is 1. The molecule has 0 aliphatic carbocycles. The van der Waals surface area contributed by atoms with Crippen molar-refractivity contribution in [3.05, 3.63) is 51.3 Å². The average Bonchev–Trinajstić information content (AvgIpc) is 2.87. The molecule has 2 aromatic heterocycles. The minimum absolute atomic E-state index is 0.173. The molecular formula is C15H13N3O2S. The van der Waals surface area contributed by atoms with Crippen LogP contribution in [-0.4, -0.2) is 20.1 Å². The predicted molar refractivity (Wildman–Crippen MR) is 82.5 cm³/mol. The fourth-order valence-corrected chi connectivity index (χ4v) is 2.75. The molecule has 5 nitrogen and oxygen atoms in total. The standard InChI is InChI=1S/C15H13N3O2S/c1-8-3-5-10(6-4-8)11-13(19)17-12(18-14(11)20)15-16-9(2)7-21-15/h3-7H,1-2H3,(H2,17,18,19,20). The fourth-order valence-electron chi connectivity index (χ4n) is 2.01. The maximum atomic E-state index is 12.2. The Balaban J connectivity index is 2.12. The van der Waals surface area contributed by atoms with Gasteiger partial charge in [-0.05, 0) is 19.4 Å². The van der Waals surface area contributed by atoms with E-state index < -0.39 is 0 Å². The molecule has 2 heterocycles. The molecule has 0 fully saturated rings. The Morgan fingerprint density at radius 2 is 1.86 bits per heavy atom. The Bertz CT molecular complexity index is 850. The van der Waals surface area contributed by atoms with Crippen molar-refractivity contribution in [1.82, 2.24) is 15.0 Å². The van der Waals surface area contributed by atoms with Crippen LogP contribution in [0.1, 0.15) is 11.3 Å². The van der Waals surface area contributed by atoms with Crippen LogP contribution in [0.2, 0.25) is 0 Å². The maximum Gasteiger partial charge on any atom is 0.263 e. The summed E-state index contributed by atoms with van der Waals surface area (Å²) in [7, 11) is 0. The number of nitrogens with zero attached hydrogens (tertiary/aromatic N) is 2. The molecule has 0 spiro atoms. The lowest BCUT2D eigenvalue weighted by atomic mass is 10.1. The van der Waals surface area contributed by atoms with Gasteiger partial charge >= 0.3 is 0 Å². The lowest BCUT2D eigenvalue weighted by molar-refractivity contribution is 0.454. The highest BCUT2D eigenvalue weighted by atomic mass is 32.1. The number of aromatic nitrogens is 3. The van der Waals surface area contributed by atoms with Gasteiger partial charge in [0.05, 0.1) is 0 Å². The first-order valence-corrected chi connectivity index (χ1v) is 7.25. The minimum Gasteiger partial charge on any atom is -0.493 e. The van der Waals surface area contributed by atoms with Crippen LogP contribution >= 0.6 is 11.3 Å². The number of aromatic amines is 1. The van der Waals surface area contributed by atoms with Crippen LogP contribution in [0.4, 0.5) is 0 Å². The normalized spacial score (nSPS) is 10.8. The lowest BCUT2D eigenvalue weighted by Crippen LogP contribution is -2.12. The Morgan fingerprint density at radius 1 is 1.14 bits per heavy atom. The summed E-state index contributed by atoms with van der Waals surface area (Å²) in [5.74, 6) is -0.00285. The predicted octanol–water partition coefficient (Wildman–Crippen LogP) is 2.88. The second-order valence-corrected chi connectivity index (χ2v) is 5.63. The molecule has 0 aliphatic heterocycles. The average molecular weight is 299 g/mol. The third-order valence-electron chi connectivity index (χ3n) is 3.06. The van der Waals surface area contributed by atoms with Crippen molar-refractivity contribution in [1.29, 1.82) is 0 Å². The number of H-pyrrole nitrogens is 1. The lowest BCUT2D eigenvalue weighted by Gasteiger charge is -2.05. The number of benzene rings is 1. The van der Waals surface area contributed by atoms with E-state index in [0.29, 0.717) is 10.6 Å². The highest BCUT2D eigenvalue weighted by molar-refractivity contribution is 7.13. The molecule has 0 radical (unpaired) electrons. The first kappa shape index (κ1) is 13.5. The van der Waals surface area contributed by atoms with Crippen LogP contribution < -0.4 is 5.56 Å². The zero-order chi connectivity index (χ0) is 15.0. The molecule has 0 saturated carbocycles. The van der Waals surface area contributed by atoms with E-state index in [4.69, 9.17) is 0 Å². The molecule has 0 saturated heterocycles. The minimum atomic E-state index is -0.380. The van der Waals surface area contributed by atoms with Crippen LogP contribution in [-0.2, 0) is 0 Å². The summed E-state index contributed by atoms with van der Waals surface area (Å²) in [6.07, 6.45) is 0. The van der Waals surface area contributed by atoms with Gasteiger partial charge in [-0.2, -0.15) is 4.98 Å². The van der Waals surface area contributed by atoms with Crippen LogP contribution in [0.25, 0.3) is 22.0 Å². The van der Waals surface area contributed by atoms with Gasteiger partial charge in [0.1, 0.15) is 5.56 Å². The van der Waals surface area contributed by atoms with Crippen molar-refractivity contribution < 1.29 is 5.11 Å². The van der Waals surface area contributed by atoms with Crippen molar-refractivity contribution in [3.8, 4) is 27.8 Å². The molecule has 1 aromatic carbocycles. The SMILES string of the molecule is Cc1ccc(-c2c(O)nc(-c3nc(C)cs3)[nH]c2=O)cc1. The molecule has 21 heavy (non-hydrogen) atoms. The Hall–Kier alpha value is -2.47. The van der Waals surface area contributed by atoms with Crippen LogP contribution in [0.15, 0.2) is 34.4 Å². The summed E-state index contributed by atoms with van der Waals surface area (Å²) < 4.78 is 0. The van der Waals surface area contributed by atoms with Gasteiger partial charge in [-0.15, -0.1) is 11.3 Å². The number of hydrogen-bond donors (Lipinski definition) is 2. The summed E-state index contributed by atoms with van der Waals surface area (Å²) in [6.45, 7) is 3.82. The van der Waals surface area contributed by atoms with E-state index in [1.54, 1.807) is 12.1 Å². The Kier molecular flexibility index (Phi) is 3.31. The van der Waals surface area contributed by atoms with Crippen molar-refractivity contribution in [2.45, 2.75) is 13.8 Å². The Labute approximate surface area is 125 Å². The number of aryl methyl sites for hydroxylation is 2. The smallest absolute Gasteiger partial charge is 0.263 e. The van der Waals surface area contributed by atoms with E-state index >= 15 is 0 Å². The van der Waals surface area contributed by atoms with E-state index in [0.717, 1.165) is 11.3 Å². The van der Waals surface area contributed by atoms with Crippen LogP contribution in [0.3, 0.4) is 0 Å². The third-order valence-corrected chi connectivity index (χ3v) is 4.03. The highest BCUT2D eigenvalue weighted by Crippen LogP contribution is 2.27. The van der Waals surface area contributed by atoms with Crippen molar-refractivity contribution in [3.63, 3.8) is 0 Å². The molecule has 0 atom stereocenters. The highest BCUT2D eigenvalue weighted by Gasteiger charge is 2.15. The van der Waals surface area contributed by atoms with Gasteiger partial charge in [0, 0.05) is 11.1 Å². The van der Waals surface area contributed by atoms with Crippen LogP contribution in [0, 0.1) is 13.8 Å². The molecule has 0 bridgehead atoms. The number of thiazole rings is 1. The van der Waals surface area contributed by atoms with E-state index in [1.165, 1.54) is 11.3 Å². The molecule has 0 unspecified atom stereocenters. The molecule has 0 amide bonds. The van der Waals surface area contributed by atoms with Crippen molar-refractivity contribution in [2.24, 2.45) is 0 Å². The van der Waals surface area contributed by atoms with Gasteiger partial charge < -0.3 is 10.1 Å². The zero-order valence-electron chi connectivity index (χ0n) is 11.5. The van der Waals surface area contributed by atoms with E-state index in [9.17, 15) is 9.90 Å². The van der Waals surface area contributed by atoms with Gasteiger partial charge in [-0.25, -0.2) is 4.98 Å². The molecular weight excluding hydrogens is 286 g/mol. The summed E-state index contributed by atoms with van der Waals surface area (Å²) in [5, 5.41) is 12.5. The van der Waals surface area contributed by atoms with Gasteiger partial charge in [0.15, 0.2) is 10.8 Å². The van der Waals surface area contributed by atoms with Crippen molar-refractivity contribution >= 4 is 11.3 Å². The van der Waals surface area contributed by atoms with Gasteiger partial charge in [-0.3, -0.25) is 4.79 Å². The Morgan fingerprint density at radius 3 is 2.43 bits per heavy atom. The second-order valence-electron chi connectivity index (χ2n) is 4.77. The van der Waals surface area contributed by atoms with E-state index in [-0.39, 0.29) is 22.8 Å². The third kappa shape index (κ3) is 2.57. The first-order chi connectivity index (χ1) is 10.0. The summed E-state index contributed by atoms with van der Waals surface area (Å²) in [5.41, 5.74) is 2.35. The molecule has 106 valence electrons. The summed E-state index contributed by atoms with van der Waals surface area (Å²) in [4.78, 5) is 23.2. The number of hydrogen-bond acceptors (Lipinski definition) is 5. The van der Waals surface area contributed by atoms with E-state index in [1.807, 2.05) is 31.4 Å². The van der Waals surface area contributed by atoms with Crippen molar-refractivity contribution in [2.75, 3.05) is 0 Å². The summed E-state index contributed by atoms with van der Waals surface area (Å²) in [6, 6.07) is 7.33. The first-order valence-electron chi connectivity index (χ1n) is 6.37. The van der Waals surface area contributed by atoms with Gasteiger partial charge in [-0.1, -0.05) is 29.8 Å². The molecule has 6 heteroatoms. The monoisotopic (exact) mass is 299 g/mol. The molecule has 3 rings (SSSR count). The molecule has 3 aromatic rings. The summed E-state index contributed by atoms with van der Waals surface area (Å²) >= 11 is 1.37. The van der Waals surface area contributed by atoms with E-state index in [2.05, 4.69) is 15.0 Å². The topological polar surface area (TPSA) is 78.9 Å². The van der Waals surface area contributed by atoms with Crippen LogP contribution in [0.5, 0.6) is 5.88 Å². The molecule has 2 N–H and O–H groups in total. The maximum absolute atomic E-state index is 12.2. The quantitative estimate of drug-likeness (QED) is 0.762. The van der Waals surface area contributed by atoms with Gasteiger partial charge in [0.25, 0.3) is 5.56 Å². The second kappa shape index (κ2) is 5.14. The largest absolute Gasteiger partial charge is 0.493 e. The number of nitrogens with one attached hydrogen (secondary N) is 1. The fraction of sp³-hybridized carbons (Fsp3) is 0.133. The number of rotatable bonds is 2.